The number of aliphatic carboxylic acids is 1. The molecule has 0 aliphatic carbocycles. The highest BCUT2D eigenvalue weighted by Crippen LogP contribution is 2.17. The third kappa shape index (κ3) is 6.30. The second-order valence-corrected chi connectivity index (χ2v) is 5.83. The summed E-state index contributed by atoms with van der Waals surface area (Å²) in [6.45, 7) is 0. The van der Waals surface area contributed by atoms with Gasteiger partial charge in [0.2, 0.25) is 5.91 Å². The molecule has 0 heterocycles. The summed E-state index contributed by atoms with van der Waals surface area (Å²) < 4.78 is 5.12. The molecule has 0 saturated heterocycles. The smallest absolute Gasteiger partial charge is 0.305 e. The number of rotatable bonds is 9. The Kier molecular flexibility index (Phi) is 7.01. The standard InChI is InChI=1S/C20H23NO4/c1-25-17-12-10-15(11-13-17)6-5-9-19(22)21-18(14-20(23)24)16-7-3-2-4-8-16/h2-4,7-8,10-13,18H,5-6,9,14H2,1H3,(H,21,22)(H,23,24). The molecule has 0 fully saturated rings. The number of carboxylic acid groups (broad SMARTS) is 1. The quantitative estimate of drug-likeness (QED) is 0.733. The molecule has 5 heteroatoms. The molecule has 2 aromatic carbocycles. The number of ether oxygens (including phenoxy) is 1. The van der Waals surface area contributed by atoms with Gasteiger partial charge in [-0.2, -0.15) is 0 Å². The lowest BCUT2D eigenvalue weighted by Crippen LogP contribution is -2.30. The van der Waals surface area contributed by atoms with Crippen molar-refractivity contribution in [3.8, 4) is 5.75 Å². The van der Waals surface area contributed by atoms with E-state index in [1.807, 2.05) is 54.6 Å². The van der Waals surface area contributed by atoms with E-state index in [0.29, 0.717) is 12.8 Å². The van der Waals surface area contributed by atoms with Gasteiger partial charge >= 0.3 is 5.97 Å². The Hall–Kier alpha value is -2.82. The number of carboxylic acids is 1. The van der Waals surface area contributed by atoms with Gasteiger partial charge in [0.15, 0.2) is 0 Å². The number of amides is 1. The topological polar surface area (TPSA) is 75.6 Å². The van der Waals surface area contributed by atoms with Crippen molar-refractivity contribution in [3.05, 3.63) is 65.7 Å². The molecule has 1 atom stereocenters. The van der Waals surface area contributed by atoms with Gasteiger partial charge in [0.1, 0.15) is 5.75 Å². The number of nitrogens with one attached hydrogen (secondary N) is 1. The fraction of sp³-hybridized carbons (Fsp3) is 0.300. The van der Waals surface area contributed by atoms with Crippen LogP contribution in [-0.2, 0) is 16.0 Å². The minimum Gasteiger partial charge on any atom is -0.497 e. The number of hydrogen-bond donors (Lipinski definition) is 2. The molecule has 0 radical (unpaired) electrons. The molecule has 2 rings (SSSR count). The number of methoxy groups -OCH3 is 1. The average Bonchev–Trinajstić information content (AvgIpc) is 2.62. The van der Waals surface area contributed by atoms with Crippen LogP contribution in [0.25, 0.3) is 0 Å². The fourth-order valence-electron chi connectivity index (χ4n) is 2.62. The third-order valence-electron chi connectivity index (χ3n) is 3.94. The van der Waals surface area contributed by atoms with E-state index in [9.17, 15) is 9.59 Å². The Labute approximate surface area is 147 Å². The van der Waals surface area contributed by atoms with Gasteiger partial charge < -0.3 is 15.2 Å². The first-order valence-corrected chi connectivity index (χ1v) is 8.27. The normalized spacial score (nSPS) is 11.6. The van der Waals surface area contributed by atoms with E-state index >= 15 is 0 Å². The van der Waals surface area contributed by atoms with E-state index in [0.717, 1.165) is 23.3 Å². The molecule has 0 aliphatic rings. The van der Waals surface area contributed by atoms with E-state index in [1.165, 1.54) is 0 Å². The molecule has 5 nitrogen and oxygen atoms in total. The predicted octanol–water partition coefficient (Wildman–Crippen LogP) is 3.35. The Bertz CT molecular complexity index is 683. The molecule has 0 bridgehead atoms. The summed E-state index contributed by atoms with van der Waals surface area (Å²) in [7, 11) is 1.62. The fourth-order valence-corrected chi connectivity index (χ4v) is 2.62. The molecule has 2 N–H and O–H groups in total. The number of carbonyl (C=O) groups is 2. The van der Waals surface area contributed by atoms with Crippen molar-refractivity contribution in [2.24, 2.45) is 0 Å². The highest BCUT2D eigenvalue weighted by Gasteiger charge is 2.17. The van der Waals surface area contributed by atoms with E-state index in [2.05, 4.69) is 5.32 Å². The van der Waals surface area contributed by atoms with Crippen LogP contribution in [0.2, 0.25) is 0 Å². The van der Waals surface area contributed by atoms with Gasteiger partial charge in [0.05, 0.1) is 19.6 Å². The summed E-state index contributed by atoms with van der Waals surface area (Å²) in [5, 5.41) is 11.9. The Balaban J connectivity index is 1.84. The van der Waals surface area contributed by atoms with Gasteiger partial charge in [-0.3, -0.25) is 9.59 Å². The zero-order chi connectivity index (χ0) is 18.1. The number of benzene rings is 2. The number of hydrogen-bond acceptors (Lipinski definition) is 3. The molecule has 1 unspecified atom stereocenters. The first-order chi connectivity index (χ1) is 12.1. The van der Waals surface area contributed by atoms with Crippen molar-refractivity contribution < 1.29 is 19.4 Å². The van der Waals surface area contributed by atoms with Crippen LogP contribution in [-0.4, -0.2) is 24.1 Å². The van der Waals surface area contributed by atoms with Gasteiger partial charge in [0, 0.05) is 6.42 Å². The minimum absolute atomic E-state index is 0.131. The van der Waals surface area contributed by atoms with Gasteiger partial charge in [0.25, 0.3) is 0 Å². The van der Waals surface area contributed by atoms with Crippen molar-refractivity contribution in [2.45, 2.75) is 31.7 Å². The summed E-state index contributed by atoms with van der Waals surface area (Å²) in [6, 6.07) is 16.4. The lowest BCUT2D eigenvalue weighted by atomic mass is 10.0. The van der Waals surface area contributed by atoms with Crippen molar-refractivity contribution in [1.29, 1.82) is 0 Å². The third-order valence-corrected chi connectivity index (χ3v) is 3.94. The van der Waals surface area contributed by atoms with Crippen molar-refractivity contribution in [1.82, 2.24) is 5.32 Å². The van der Waals surface area contributed by atoms with Crippen LogP contribution >= 0.6 is 0 Å². The van der Waals surface area contributed by atoms with Crippen LogP contribution < -0.4 is 10.1 Å². The van der Waals surface area contributed by atoms with E-state index in [4.69, 9.17) is 9.84 Å². The average molecular weight is 341 g/mol. The molecule has 25 heavy (non-hydrogen) atoms. The predicted molar refractivity (Wildman–Crippen MR) is 95.5 cm³/mol. The lowest BCUT2D eigenvalue weighted by molar-refractivity contribution is -0.137. The first-order valence-electron chi connectivity index (χ1n) is 8.27. The van der Waals surface area contributed by atoms with Crippen LogP contribution in [0.4, 0.5) is 0 Å². The summed E-state index contributed by atoms with van der Waals surface area (Å²) in [4.78, 5) is 23.2. The van der Waals surface area contributed by atoms with Crippen LogP contribution in [0.5, 0.6) is 5.75 Å². The highest BCUT2D eigenvalue weighted by molar-refractivity contribution is 5.77. The SMILES string of the molecule is COc1ccc(CCCC(=O)NC(CC(=O)O)c2ccccc2)cc1. The molecule has 0 spiro atoms. The van der Waals surface area contributed by atoms with Gasteiger partial charge in [-0.25, -0.2) is 0 Å². The highest BCUT2D eigenvalue weighted by atomic mass is 16.5. The Morgan fingerprint density at radius 2 is 1.76 bits per heavy atom. The molecule has 2 aromatic rings. The van der Waals surface area contributed by atoms with Gasteiger partial charge in [-0.1, -0.05) is 42.5 Å². The van der Waals surface area contributed by atoms with Crippen molar-refractivity contribution in [3.63, 3.8) is 0 Å². The summed E-state index contributed by atoms with van der Waals surface area (Å²) in [5.74, 6) is -0.267. The number of carbonyl (C=O) groups excluding carboxylic acids is 1. The second-order valence-electron chi connectivity index (χ2n) is 5.83. The summed E-state index contributed by atoms with van der Waals surface area (Å²) in [5.41, 5.74) is 1.94. The largest absolute Gasteiger partial charge is 0.497 e. The van der Waals surface area contributed by atoms with Crippen molar-refractivity contribution >= 4 is 11.9 Å². The summed E-state index contributed by atoms with van der Waals surface area (Å²) >= 11 is 0. The van der Waals surface area contributed by atoms with Crippen LogP contribution in [0.3, 0.4) is 0 Å². The second kappa shape index (κ2) is 9.47. The number of aryl methyl sites for hydroxylation is 1. The van der Waals surface area contributed by atoms with Crippen LogP contribution in [0.1, 0.15) is 36.4 Å². The molecule has 132 valence electrons. The van der Waals surface area contributed by atoms with E-state index in [-0.39, 0.29) is 12.3 Å². The maximum atomic E-state index is 12.2. The lowest BCUT2D eigenvalue weighted by Gasteiger charge is -2.17. The minimum atomic E-state index is -0.938. The maximum absolute atomic E-state index is 12.2. The monoisotopic (exact) mass is 341 g/mol. The van der Waals surface area contributed by atoms with Gasteiger partial charge in [-0.15, -0.1) is 0 Å². The molecule has 0 aliphatic heterocycles. The molecule has 0 saturated carbocycles. The molecular weight excluding hydrogens is 318 g/mol. The zero-order valence-electron chi connectivity index (χ0n) is 14.3. The van der Waals surface area contributed by atoms with Crippen LogP contribution in [0.15, 0.2) is 54.6 Å². The van der Waals surface area contributed by atoms with Crippen molar-refractivity contribution in [2.75, 3.05) is 7.11 Å². The Morgan fingerprint density at radius 3 is 2.36 bits per heavy atom. The van der Waals surface area contributed by atoms with Crippen LogP contribution in [0, 0.1) is 0 Å². The van der Waals surface area contributed by atoms with Gasteiger partial charge in [-0.05, 0) is 36.1 Å². The molecule has 1 amide bonds. The zero-order valence-corrected chi connectivity index (χ0v) is 14.3. The summed E-state index contributed by atoms with van der Waals surface area (Å²) in [6.07, 6.45) is 1.71. The van der Waals surface area contributed by atoms with E-state index < -0.39 is 12.0 Å². The maximum Gasteiger partial charge on any atom is 0.305 e. The van der Waals surface area contributed by atoms with E-state index in [1.54, 1.807) is 7.11 Å². The first kappa shape index (κ1) is 18.5. The Morgan fingerprint density at radius 1 is 1.08 bits per heavy atom. The molecular formula is C20H23NO4. The molecule has 0 aromatic heterocycles.